The van der Waals surface area contributed by atoms with Crippen molar-refractivity contribution in [2.24, 2.45) is 0 Å². The summed E-state index contributed by atoms with van der Waals surface area (Å²) in [5.74, 6) is -0.302. The normalized spacial score (nSPS) is 10.9. The van der Waals surface area contributed by atoms with Gasteiger partial charge in [0.25, 0.3) is 0 Å². The van der Waals surface area contributed by atoms with Crippen LogP contribution in [0, 0.1) is 0 Å². The van der Waals surface area contributed by atoms with Gasteiger partial charge in [0.2, 0.25) is 0 Å². The quantitative estimate of drug-likeness (QED) is 0.840. The predicted octanol–water partition coefficient (Wildman–Crippen LogP) is 4.39. The Bertz CT molecular complexity index is 568. The maximum absolute atomic E-state index is 11.9. The number of anilines is 2. The van der Waals surface area contributed by atoms with E-state index in [9.17, 15) is 4.79 Å². The number of carbonyl (C=O) groups excluding carboxylic acids is 1. The molecule has 0 bridgehead atoms. The third-order valence-corrected chi connectivity index (χ3v) is 2.58. The lowest BCUT2D eigenvalue weighted by Crippen LogP contribution is -2.23. The number of benzene rings is 2. The smallest absolute Gasteiger partial charge is 0.338 e. The largest absolute Gasteiger partial charge is 0.456 e. The van der Waals surface area contributed by atoms with Crippen LogP contribution in [0.15, 0.2) is 54.6 Å². The highest BCUT2D eigenvalue weighted by Crippen LogP contribution is 2.18. The third kappa shape index (κ3) is 4.12. The topological polar surface area (TPSA) is 38.3 Å². The second-order valence-electron chi connectivity index (χ2n) is 5.57. The minimum atomic E-state index is -0.474. The molecule has 0 aliphatic rings. The summed E-state index contributed by atoms with van der Waals surface area (Å²) in [7, 11) is 0. The summed E-state index contributed by atoms with van der Waals surface area (Å²) in [5, 5.41) is 3.27. The molecule has 3 nitrogen and oxygen atoms in total. The number of hydrogen-bond donors (Lipinski definition) is 1. The first-order chi connectivity index (χ1) is 9.44. The number of ether oxygens (including phenoxy) is 1. The van der Waals surface area contributed by atoms with Crippen molar-refractivity contribution in [2.45, 2.75) is 26.4 Å². The van der Waals surface area contributed by atoms with Gasteiger partial charge in [0.1, 0.15) is 5.60 Å². The van der Waals surface area contributed by atoms with Crippen molar-refractivity contribution in [3.8, 4) is 0 Å². The summed E-state index contributed by atoms with van der Waals surface area (Å²) < 4.78 is 5.32. The summed E-state index contributed by atoms with van der Waals surface area (Å²) >= 11 is 0. The molecule has 3 heteroatoms. The van der Waals surface area contributed by atoms with Crippen LogP contribution in [0.3, 0.4) is 0 Å². The van der Waals surface area contributed by atoms with Gasteiger partial charge in [-0.05, 0) is 57.2 Å². The molecule has 1 N–H and O–H groups in total. The van der Waals surface area contributed by atoms with Gasteiger partial charge in [-0.15, -0.1) is 0 Å². The predicted molar refractivity (Wildman–Crippen MR) is 81.3 cm³/mol. The van der Waals surface area contributed by atoms with E-state index in [0.717, 1.165) is 11.4 Å². The first-order valence-electron chi connectivity index (χ1n) is 6.59. The Morgan fingerprint density at radius 2 is 1.45 bits per heavy atom. The van der Waals surface area contributed by atoms with Gasteiger partial charge in [-0.2, -0.15) is 0 Å². The van der Waals surface area contributed by atoms with Crippen LogP contribution >= 0.6 is 0 Å². The average Bonchev–Trinajstić information content (AvgIpc) is 2.39. The third-order valence-electron chi connectivity index (χ3n) is 2.58. The SMILES string of the molecule is CC(C)(C)OC(=O)c1ccc(Nc2ccccc2)cc1. The molecule has 0 saturated heterocycles. The van der Waals surface area contributed by atoms with Crippen molar-refractivity contribution >= 4 is 17.3 Å². The fraction of sp³-hybridized carbons (Fsp3) is 0.235. The first-order valence-corrected chi connectivity index (χ1v) is 6.59. The molecule has 0 radical (unpaired) electrons. The van der Waals surface area contributed by atoms with E-state index < -0.39 is 5.60 Å². The second kappa shape index (κ2) is 5.78. The Morgan fingerprint density at radius 3 is 2.00 bits per heavy atom. The Hall–Kier alpha value is -2.29. The lowest BCUT2D eigenvalue weighted by molar-refractivity contribution is 0.00696. The van der Waals surface area contributed by atoms with Gasteiger partial charge in [0, 0.05) is 11.4 Å². The van der Waals surface area contributed by atoms with Gasteiger partial charge in [0.05, 0.1) is 5.56 Å². The standard InChI is InChI=1S/C17H19NO2/c1-17(2,3)20-16(19)13-9-11-15(12-10-13)18-14-7-5-4-6-8-14/h4-12,18H,1-3H3. The van der Waals surface area contributed by atoms with Gasteiger partial charge >= 0.3 is 5.97 Å². The lowest BCUT2D eigenvalue weighted by Gasteiger charge is -2.19. The summed E-state index contributed by atoms with van der Waals surface area (Å²) in [6.45, 7) is 5.57. The molecule has 0 aliphatic carbocycles. The number of esters is 1. The molecule has 0 atom stereocenters. The van der Waals surface area contributed by atoms with E-state index in [2.05, 4.69) is 5.32 Å². The maximum Gasteiger partial charge on any atom is 0.338 e. The van der Waals surface area contributed by atoms with E-state index in [0.29, 0.717) is 5.56 Å². The molecule has 2 rings (SSSR count). The van der Waals surface area contributed by atoms with Crippen LogP contribution in [-0.4, -0.2) is 11.6 Å². The zero-order valence-electron chi connectivity index (χ0n) is 12.0. The Labute approximate surface area is 119 Å². The van der Waals surface area contributed by atoms with Crippen LogP contribution in [-0.2, 0) is 4.74 Å². The second-order valence-corrected chi connectivity index (χ2v) is 5.57. The van der Waals surface area contributed by atoms with Gasteiger partial charge in [-0.25, -0.2) is 4.79 Å². The molecule has 0 spiro atoms. The molecular formula is C17H19NO2. The molecule has 0 fully saturated rings. The number of hydrogen-bond acceptors (Lipinski definition) is 3. The zero-order valence-corrected chi connectivity index (χ0v) is 12.0. The monoisotopic (exact) mass is 269 g/mol. The lowest BCUT2D eigenvalue weighted by atomic mass is 10.1. The summed E-state index contributed by atoms with van der Waals surface area (Å²) in [6.07, 6.45) is 0. The summed E-state index contributed by atoms with van der Waals surface area (Å²) in [5.41, 5.74) is 2.03. The highest BCUT2D eigenvalue weighted by Gasteiger charge is 2.17. The highest BCUT2D eigenvalue weighted by molar-refractivity contribution is 5.90. The minimum absolute atomic E-state index is 0.302. The number of para-hydroxylation sites is 1. The number of nitrogens with one attached hydrogen (secondary N) is 1. The van der Waals surface area contributed by atoms with Crippen molar-refractivity contribution < 1.29 is 9.53 Å². The van der Waals surface area contributed by atoms with Gasteiger partial charge < -0.3 is 10.1 Å². The van der Waals surface area contributed by atoms with Crippen molar-refractivity contribution in [3.63, 3.8) is 0 Å². The average molecular weight is 269 g/mol. The van der Waals surface area contributed by atoms with E-state index in [-0.39, 0.29) is 5.97 Å². The zero-order chi connectivity index (χ0) is 14.6. The Morgan fingerprint density at radius 1 is 0.900 bits per heavy atom. The molecule has 2 aromatic rings. The van der Waals surface area contributed by atoms with E-state index in [1.165, 1.54) is 0 Å². The van der Waals surface area contributed by atoms with Gasteiger partial charge in [0.15, 0.2) is 0 Å². The van der Waals surface area contributed by atoms with Gasteiger partial charge in [-0.1, -0.05) is 18.2 Å². The first kappa shape index (κ1) is 14.1. The van der Waals surface area contributed by atoms with Gasteiger partial charge in [-0.3, -0.25) is 0 Å². The Balaban J connectivity index is 2.05. The molecule has 0 aliphatic heterocycles. The van der Waals surface area contributed by atoms with Crippen molar-refractivity contribution in [2.75, 3.05) is 5.32 Å². The van der Waals surface area contributed by atoms with Crippen molar-refractivity contribution in [1.82, 2.24) is 0 Å². The Kier molecular flexibility index (Phi) is 4.08. The highest BCUT2D eigenvalue weighted by atomic mass is 16.6. The fourth-order valence-electron chi connectivity index (χ4n) is 1.71. The summed E-state index contributed by atoms with van der Waals surface area (Å²) in [6, 6.07) is 17.1. The van der Waals surface area contributed by atoms with E-state index in [4.69, 9.17) is 4.74 Å². The molecule has 0 saturated carbocycles. The number of carbonyl (C=O) groups is 1. The van der Waals surface area contributed by atoms with Crippen molar-refractivity contribution in [1.29, 1.82) is 0 Å². The van der Waals surface area contributed by atoms with Crippen LogP contribution in [0.2, 0.25) is 0 Å². The van der Waals surface area contributed by atoms with E-state index >= 15 is 0 Å². The molecule has 2 aromatic carbocycles. The van der Waals surface area contributed by atoms with Crippen LogP contribution in [0.25, 0.3) is 0 Å². The molecular weight excluding hydrogens is 250 g/mol. The number of rotatable bonds is 3. The molecule has 0 heterocycles. The van der Waals surface area contributed by atoms with E-state index in [1.54, 1.807) is 12.1 Å². The van der Waals surface area contributed by atoms with Crippen LogP contribution in [0.5, 0.6) is 0 Å². The molecule has 20 heavy (non-hydrogen) atoms. The van der Waals surface area contributed by atoms with Crippen LogP contribution < -0.4 is 5.32 Å². The van der Waals surface area contributed by atoms with E-state index in [1.807, 2.05) is 63.2 Å². The molecule has 0 aromatic heterocycles. The van der Waals surface area contributed by atoms with Crippen molar-refractivity contribution in [3.05, 3.63) is 60.2 Å². The minimum Gasteiger partial charge on any atom is -0.456 e. The molecule has 104 valence electrons. The van der Waals surface area contributed by atoms with Crippen LogP contribution in [0.4, 0.5) is 11.4 Å². The molecule has 0 unspecified atom stereocenters. The molecule has 0 amide bonds. The van der Waals surface area contributed by atoms with Crippen LogP contribution in [0.1, 0.15) is 31.1 Å². The fourth-order valence-corrected chi connectivity index (χ4v) is 1.71. The summed E-state index contributed by atoms with van der Waals surface area (Å²) in [4.78, 5) is 11.9. The maximum atomic E-state index is 11.9.